The van der Waals surface area contributed by atoms with Gasteiger partial charge in [0.15, 0.2) is 0 Å². The average Bonchev–Trinajstić information content (AvgIpc) is 2.81. The van der Waals surface area contributed by atoms with E-state index in [9.17, 15) is 0 Å². The minimum absolute atomic E-state index is 0.217. The molecule has 4 heteroatoms. The third-order valence-corrected chi connectivity index (χ3v) is 3.58. The maximum absolute atomic E-state index is 9.06. The van der Waals surface area contributed by atoms with Crippen molar-refractivity contribution in [2.45, 2.75) is 26.3 Å². The predicted octanol–water partition coefficient (Wildman–Crippen LogP) is 1.65. The van der Waals surface area contributed by atoms with Gasteiger partial charge >= 0.3 is 0 Å². The minimum Gasteiger partial charge on any atom is -0.395 e. The zero-order valence-electron chi connectivity index (χ0n) is 11.0. The van der Waals surface area contributed by atoms with Crippen LogP contribution in [0.4, 0.5) is 0 Å². The van der Waals surface area contributed by atoms with E-state index in [2.05, 4.69) is 29.7 Å². The largest absolute Gasteiger partial charge is 0.395 e. The van der Waals surface area contributed by atoms with Crippen LogP contribution in [0.2, 0.25) is 0 Å². The van der Waals surface area contributed by atoms with Crippen LogP contribution >= 0.6 is 11.3 Å². The molecule has 1 heterocycles. The first-order valence-electron chi connectivity index (χ1n) is 6.41. The molecule has 0 bridgehead atoms. The van der Waals surface area contributed by atoms with Crippen LogP contribution in [0.25, 0.3) is 0 Å². The molecule has 0 saturated heterocycles. The second-order valence-corrected chi connectivity index (χ2v) is 5.29. The Labute approximate surface area is 114 Å². The summed E-state index contributed by atoms with van der Waals surface area (Å²) in [6.45, 7) is 5.48. The van der Waals surface area contributed by atoms with Gasteiger partial charge in [-0.3, -0.25) is 4.90 Å². The van der Waals surface area contributed by atoms with E-state index in [1.54, 1.807) is 11.3 Å². The molecule has 0 aliphatic rings. The van der Waals surface area contributed by atoms with Gasteiger partial charge in [-0.15, -0.1) is 11.3 Å². The molecule has 0 spiro atoms. The Balaban J connectivity index is 2.54. The van der Waals surface area contributed by atoms with Gasteiger partial charge in [0, 0.05) is 18.0 Å². The van der Waals surface area contributed by atoms with E-state index in [0.717, 1.165) is 24.5 Å². The van der Waals surface area contributed by atoms with Crippen molar-refractivity contribution in [2.24, 2.45) is 5.73 Å². The predicted molar refractivity (Wildman–Crippen MR) is 77.5 cm³/mol. The van der Waals surface area contributed by atoms with E-state index < -0.39 is 0 Å². The van der Waals surface area contributed by atoms with Gasteiger partial charge in [-0.1, -0.05) is 25.2 Å². The van der Waals surface area contributed by atoms with Crippen molar-refractivity contribution in [1.29, 1.82) is 0 Å². The van der Waals surface area contributed by atoms with E-state index in [1.807, 2.05) is 6.07 Å². The normalized spacial score (nSPS) is 10.4. The number of hydrogen-bond acceptors (Lipinski definition) is 4. The molecule has 0 aromatic carbocycles. The standard InChI is InChI=1S/C14H22N2OS/c1-2-3-9-16(10-11-17)12-14-7-6-13(18-14)5-4-8-15/h6-7,17H,2-3,8-12,15H2,1H3. The van der Waals surface area contributed by atoms with Crippen molar-refractivity contribution < 1.29 is 5.11 Å². The second kappa shape index (κ2) is 9.12. The zero-order valence-corrected chi connectivity index (χ0v) is 11.8. The summed E-state index contributed by atoms with van der Waals surface area (Å²) < 4.78 is 0. The molecule has 0 saturated carbocycles. The van der Waals surface area contributed by atoms with E-state index >= 15 is 0 Å². The van der Waals surface area contributed by atoms with Gasteiger partial charge < -0.3 is 10.8 Å². The summed E-state index contributed by atoms with van der Waals surface area (Å²) in [5.74, 6) is 5.91. The van der Waals surface area contributed by atoms with Gasteiger partial charge in [-0.25, -0.2) is 0 Å². The highest BCUT2D eigenvalue weighted by molar-refractivity contribution is 7.12. The summed E-state index contributed by atoms with van der Waals surface area (Å²) in [6.07, 6.45) is 2.35. The van der Waals surface area contributed by atoms with Crippen molar-refractivity contribution in [3.8, 4) is 11.8 Å². The zero-order chi connectivity index (χ0) is 13.2. The third kappa shape index (κ3) is 5.65. The van der Waals surface area contributed by atoms with Crippen LogP contribution in [0, 0.1) is 11.8 Å². The molecular formula is C14H22N2OS. The van der Waals surface area contributed by atoms with Crippen LogP contribution in [0.15, 0.2) is 12.1 Å². The Morgan fingerprint density at radius 1 is 1.39 bits per heavy atom. The van der Waals surface area contributed by atoms with Crippen molar-refractivity contribution in [3.05, 3.63) is 21.9 Å². The fourth-order valence-electron chi connectivity index (χ4n) is 1.68. The lowest BCUT2D eigenvalue weighted by Gasteiger charge is -2.19. The summed E-state index contributed by atoms with van der Waals surface area (Å²) in [5, 5.41) is 9.06. The van der Waals surface area contributed by atoms with Gasteiger partial charge in [-0.05, 0) is 25.1 Å². The van der Waals surface area contributed by atoms with Gasteiger partial charge in [0.25, 0.3) is 0 Å². The highest BCUT2D eigenvalue weighted by Gasteiger charge is 2.06. The highest BCUT2D eigenvalue weighted by atomic mass is 32.1. The summed E-state index contributed by atoms with van der Waals surface area (Å²) in [4.78, 5) is 4.64. The Morgan fingerprint density at radius 2 is 2.22 bits per heavy atom. The molecule has 3 N–H and O–H groups in total. The van der Waals surface area contributed by atoms with E-state index in [1.165, 1.54) is 17.7 Å². The molecule has 0 amide bonds. The van der Waals surface area contributed by atoms with Crippen LogP contribution < -0.4 is 5.73 Å². The lowest BCUT2D eigenvalue weighted by atomic mass is 10.3. The topological polar surface area (TPSA) is 49.5 Å². The van der Waals surface area contributed by atoms with Crippen molar-refractivity contribution in [2.75, 3.05) is 26.2 Å². The first-order valence-corrected chi connectivity index (χ1v) is 7.22. The number of rotatable bonds is 7. The van der Waals surface area contributed by atoms with Crippen molar-refractivity contribution in [1.82, 2.24) is 4.90 Å². The summed E-state index contributed by atoms with van der Waals surface area (Å²) in [5.41, 5.74) is 5.35. The molecule has 0 aliphatic heterocycles. The van der Waals surface area contributed by atoms with E-state index in [-0.39, 0.29) is 6.61 Å². The van der Waals surface area contributed by atoms with Crippen molar-refractivity contribution in [3.63, 3.8) is 0 Å². The molecular weight excluding hydrogens is 244 g/mol. The molecule has 0 fully saturated rings. The van der Waals surface area contributed by atoms with Crippen LogP contribution in [0.5, 0.6) is 0 Å². The van der Waals surface area contributed by atoms with Crippen LogP contribution in [-0.2, 0) is 6.54 Å². The molecule has 0 atom stereocenters. The summed E-state index contributed by atoms with van der Waals surface area (Å²) in [7, 11) is 0. The van der Waals surface area contributed by atoms with Crippen LogP contribution in [-0.4, -0.2) is 36.2 Å². The quantitative estimate of drug-likeness (QED) is 0.738. The second-order valence-electron chi connectivity index (χ2n) is 4.13. The number of unbranched alkanes of at least 4 members (excludes halogenated alkanes) is 1. The number of aliphatic hydroxyl groups excluding tert-OH is 1. The van der Waals surface area contributed by atoms with E-state index in [4.69, 9.17) is 10.8 Å². The Kier molecular flexibility index (Phi) is 7.70. The summed E-state index contributed by atoms with van der Waals surface area (Å²) >= 11 is 1.71. The van der Waals surface area contributed by atoms with Crippen LogP contribution in [0.1, 0.15) is 29.5 Å². The van der Waals surface area contributed by atoms with E-state index in [0.29, 0.717) is 6.54 Å². The van der Waals surface area contributed by atoms with Crippen LogP contribution in [0.3, 0.4) is 0 Å². The fourth-order valence-corrected chi connectivity index (χ4v) is 2.61. The monoisotopic (exact) mass is 266 g/mol. The third-order valence-electron chi connectivity index (χ3n) is 2.60. The number of nitrogens with two attached hydrogens (primary N) is 1. The summed E-state index contributed by atoms with van der Waals surface area (Å²) in [6, 6.07) is 4.15. The molecule has 0 unspecified atom stereocenters. The lowest BCUT2D eigenvalue weighted by Crippen LogP contribution is -2.27. The molecule has 1 aromatic heterocycles. The van der Waals surface area contributed by atoms with Gasteiger partial charge in [0.2, 0.25) is 0 Å². The first-order chi connectivity index (χ1) is 8.80. The fraction of sp³-hybridized carbons (Fsp3) is 0.571. The first kappa shape index (κ1) is 15.2. The smallest absolute Gasteiger partial charge is 0.0772 e. The Hall–Kier alpha value is -0.860. The van der Waals surface area contributed by atoms with Gasteiger partial charge in [-0.2, -0.15) is 0 Å². The van der Waals surface area contributed by atoms with Gasteiger partial charge in [0.1, 0.15) is 0 Å². The van der Waals surface area contributed by atoms with Gasteiger partial charge in [0.05, 0.1) is 18.0 Å². The molecule has 100 valence electrons. The molecule has 3 nitrogen and oxygen atoms in total. The molecule has 0 aliphatic carbocycles. The molecule has 1 aromatic rings. The maximum atomic E-state index is 9.06. The molecule has 18 heavy (non-hydrogen) atoms. The highest BCUT2D eigenvalue weighted by Crippen LogP contribution is 2.17. The average molecular weight is 266 g/mol. The number of hydrogen-bond donors (Lipinski definition) is 2. The Morgan fingerprint density at radius 3 is 2.89 bits per heavy atom. The maximum Gasteiger partial charge on any atom is 0.0772 e. The SMILES string of the molecule is CCCCN(CCO)Cc1ccc(C#CCN)s1. The van der Waals surface area contributed by atoms with Crippen molar-refractivity contribution >= 4 is 11.3 Å². The number of aliphatic hydroxyl groups is 1. The number of nitrogens with zero attached hydrogens (tertiary/aromatic N) is 1. The molecule has 0 radical (unpaired) electrons. The lowest BCUT2D eigenvalue weighted by molar-refractivity contribution is 0.189. The minimum atomic E-state index is 0.217. The number of thiophene rings is 1. The molecule has 1 rings (SSSR count). The Bertz CT molecular complexity index is 392.